The Balaban J connectivity index is 1.80. The first-order chi connectivity index (χ1) is 10.4. The van der Waals surface area contributed by atoms with Crippen molar-refractivity contribution in [2.75, 3.05) is 0 Å². The Morgan fingerprint density at radius 3 is 2.19 bits per heavy atom. The molecule has 21 heavy (non-hydrogen) atoms. The summed E-state index contributed by atoms with van der Waals surface area (Å²) in [7, 11) is 0. The van der Waals surface area contributed by atoms with Gasteiger partial charge in [0.25, 0.3) is 0 Å². The van der Waals surface area contributed by atoms with Crippen molar-refractivity contribution in [3.63, 3.8) is 0 Å². The zero-order valence-electron chi connectivity index (χ0n) is 12.8. The van der Waals surface area contributed by atoms with Gasteiger partial charge in [0.05, 0.1) is 15.7 Å². The lowest BCUT2D eigenvalue weighted by atomic mass is 9.75. The topological polar surface area (TPSA) is 12.9 Å². The van der Waals surface area contributed by atoms with E-state index < -0.39 is 0 Å². The van der Waals surface area contributed by atoms with Gasteiger partial charge in [-0.05, 0) is 54.7 Å². The van der Waals surface area contributed by atoms with Gasteiger partial charge in [-0.1, -0.05) is 44.6 Å². The van der Waals surface area contributed by atoms with Crippen LogP contribution in [0.5, 0.6) is 0 Å². The second-order valence-corrected chi connectivity index (χ2v) is 7.82. The van der Waals surface area contributed by atoms with Gasteiger partial charge in [0, 0.05) is 0 Å². The minimum atomic E-state index is 0.779. The van der Waals surface area contributed by atoms with E-state index in [9.17, 15) is 0 Å². The number of hydrogen-bond donors (Lipinski definition) is 0. The average Bonchev–Trinajstić information content (AvgIpc) is 3.04. The van der Waals surface area contributed by atoms with E-state index in [0.717, 1.165) is 11.8 Å². The van der Waals surface area contributed by atoms with Crippen molar-refractivity contribution in [2.45, 2.75) is 76.0 Å². The molecule has 1 aromatic heterocycles. The Morgan fingerprint density at radius 1 is 0.810 bits per heavy atom. The number of rotatable bonds is 2. The van der Waals surface area contributed by atoms with Gasteiger partial charge in [-0.2, -0.15) is 0 Å². The van der Waals surface area contributed by atoms with Crippen molar-refractivity contribution in [1.29, 1.82) is 0 Å². The quantitative estimate of drug-likeness (QED) is 0.626. The lowest BCUT2D eigenvalue weighted by Crippen LogP contribution is -2.12. The van der Waals surface area contributed by atoms with E-state index in [4.69, 9.17) is 4.98 Å². The van der Waals surface area contributed by atoms with Gasteiger partial charge in [0.15, 0.2) is 0 Å². The predicted octanol–water partition coefficient (Wildman–Crippen LogP) is 6.39. The highest BCUT2D eigenvalue weighted by Gasteiger charge is 2.26. The highest BCUT2D eigenvalue weighted by molar-refractivity contribution is 7.16. The summed E-state index contributed by atoms with van der Waals surface area (Å²) < 4.78 is 1.40. The summed E-state index contributed by atoms with van der Waals surface area (Å²) in [6.45, 7) is 0. The molecular weight excluding hydrogens is 274 g/mol. The van der Waals surface area contributed by atoms with Gasteiger partial charge in [0.2, 0.25) is 0 Å². The largest absolute Gasteiger partial charge is 0.244 e. The molecule has 2 fully saturated rings. The molecule has 2 saturated carbocycles. The first-order valence-corrected chi connectivity index (χ1v) is 9.67. The van der Waals surface area contributed by atoms with E-state index in [1.807, 2.05) is 16.8 Å². The number of thiazole rings is 1. The summed E-state index contributed by atoms with van der Waals surface area (Å²) >= 11 is 1.81. The number of nitrogens with zero attached hydrogens (tertiary/aromatic N) is 1. The third kappa shape index (κ3) is 2.63. The molecule has 1 nitrogen and oxygen atoms in total. The number of hydrogen-bond acceptors (Lipinski definition) is 2. The smallest absolute Gasteiger partial charge is 0.0849 e. The van der Waals surface area contributed by atoms with E-state index in [1.54, 1.807) is 11.1 Å². The minimum absolute atomic E-state index is 0.779. The molecule has 0 N–H and O–H groups in total. The molecular formula is C19H25NS. The fourth-order valence-electron chi connectivity index (χ4n) is 4.56. The molecule has 0 saturated heterocycles. The highest BCUT2D eigenvalue weighted by atomic mass is 32.1. The molecule has 2 aliphatic rings. The molecule has 4 rings (SSSR count). The Morgan fingerprint density at radius 2 is 1.48 bits per heavy atom. The van der Waals surface area contributed by atoms with Crippen LogP contribution in [-0.4, -0.2) is 4.98 Å². The van der Waals surface area contributed by atoms with Crippen LogP contribution >= 0.6 is 11.3 Å². The summed E-state index contributed by atoms with van der Waals surface area (Å²) in [5.41, 5.74) is 6.71. The van der Waals surface area contributed by atoms with E-state index in [0.29, 0.717) is 0 Å². The first kappa shape index (κ1) is 13.8. The SMILES string of the molecule is c1nc2c(C3CCCCC3)c(C3CCCCC3)ccc2s1. The van der Waals surface area contributed by atoms with E-state index in [1.165, 1.54) is 74.4 Å². The standard InChI is InChI=1S/C19H25NS/c1-3-7-14(8-4-1)16-11-12-17-19(20-13-21-17)18(16)15-9-5-2-6-10-15/h11-15H,1-10H2. The van der Waals surface area contributed by atoms with Crippen molar-refractivity contribution in [1.82, 2.24) is 4.98 Å². The van der Waals surface area contributed by atoms with Crippen LogP contribution in [0.2, 0.25) is 0 Å². The van der Waals surface area contributed by atoms with Crippen molar-refractivity contribution >= 4 is 21.6 Å². The maximum Gasteiger partial charge on any atom is 0.0849 e. The second-order valence-electron chi connectivity index (χ2n) is 6.94. The molecule has 0 unspecified atom stereocenters. The zero-order valence-corrected chi connectivity index (χ0v) is 13.6. The molecule has 0 amide bonds. The number of fused-ring (bicyclic) bond motifs is 1. The van der Waals surface area contributed by atoms with Crippen LogP contribution in [0.25, 0.3) is 10.2 Å². The highest BCUT2D eigenvalue weighted by Crippen LogP contribution is 2.44. The fourth-order valence-corrected chi connectivity index (χ4v) is 5.25. The molecule has 0 radical (unpaired) electrons. The molecule has 2 heteroatoms. The summed E-state index contributed by atoms with van der Waals surface area (Å²) in [4.78, 5) is 4.77. The van der Waals surface area contributed by atoms with Gasteiger partial charge in [0.1, 0.15) is 0 Å². The van der Waals surface area contributed by atoms with Crippen molar-refractivity contribution in [2.24, 2.45) is 0 Å². The van der Waals surface area contributed by atoms with Gasteiger partial charge in [-0.25, -0.2) is 4.98 Å². The molecule has 1 aromatic carbocycles. The van der Waals surface area contributed by atoms with E-state index in [2.05, 4.69) is 12.1 Å². The monoisotopic (exact) mass is 299 g/mol. The van der Waals surface area contributed by atoms with Gasteiger partial charge in [-0.3, -0.25) is 0 Å². The molecule has 1 heterocycles. The molecule has 2 aliphatic carbocycles. The third-order valence-electron chi connectivity index (χ3n) is 5.63. The van der Waals surface area contributed by atoms with Crippen molar-refractivity contribution < 1.29 is 0 Å². The van der Waals surface area contributed by atoms with E-state index >= 15 is 0 Å². The zero-order chi connectivity index (χ0) is 14.1. The average molecular weight is 299 g/mol. The summed E-state index contributed by atoms with van der Waals surface area (Å²) in [6.07, 6.45) is 14.1. The number of benzene rings is 1. The molecule has 0 atom stereocenters. The second kappa shape index (κ2) is 6.08. The van der Waals surface area contributed by atoms with Crippen LogP contribution in [0, 0.1) is 0 Å². The molecule has 112 valence electrons. The van der Waals surface area contributed by atoms with Crippen LogP contribution in [-0.2, 0) is 0 Å². The number of aromatic nitrogens is 1. The molecule has 0 spiro atoms. The van der Waals surface area contributed by atoms with Crippen LogP contribution in [0.15, 0.2) is 17.6 Å². The van der Waals surface area contributed by atoms with Crippen molar-refractivity contribution in [3.8, 4) is 0 Å². The minimum Gasteiger partial charge on any atom is -0.244 e. The lowest BCUT2D eigenvalue weighted by Gasteiger charge is -2.29. The maximum absolute atomic E-state index is 4.77. The van der Waals surface area contributed by atoms with Crippen LogP contribution < -0.4 is 0 Å². The maximum atomic E-state index is 4.77. The molecule has 0 bridgehead atoms. The Hall–Kier alpha value is -0.890. The molecule has 0 aliphatic heterocycles. The van der Waals surface area contributed by atoms with Crippen LogP contribution in [0.4, 0.5) is 0 Å². The van der Waals surface area contributed by atoms with Crippen molar-refractivity contribution in [3.05, 3.63) is 28.8 Å². The lowest BCUT2D eigenvalue weighted by molar-refractivity contribution is 0.420. The first-order valence-electron chi connectivity index (χ1n) is 8.79. The summed E-state index contributed by atoms with van der Waals surface area (Å²) in [5, 5.41) is 0. The van der Waals surface area contributed by atoms with Gasteiger partial charge < -0.3 is 0 Å². The summed E-state index contributed by atoms with van der Waals surface area (Å²) in [6, 6.07) is 4.80. The van der Waals surface area contributed by atoms with Gasteiger partial charge >= 0.3 is 0 Å². The van der Waals surface area contributed by atoms with Crippen LogP contribution in [0.3, 0.4) is 0 Å². The molecule has 2 aromatic rings. The normalized spacial score (nSPS) is 21.9. The Bertz CT molecular complexity index is 603. The third-order valence-corrected chi connectivity index (χ3v) is 6.43. The predicted molar refractivity (Wildman–Crippen MR) is 91.3 cm³/mol. The summed E-state index contributed by atoms with van der Waals surface area (Å²) in [5.74, 6) is 1.59. The van der Waals surface area contributed by atoms with Crippen LogP contribution in [0.1, 0.15) is 87.2 Å². The Labute approximate surface area is 131 Å². The fraction of sp³-hybridized carbons (Fsp3) is 0.632. The van der Waals surface area contributed by atoms with E-state index in [-0.39, 0.29) is 0 Å². The Kier molecular flexibility index (Phi) is 3.98. The van der Waals surface area contributed by atoms with Gasteiger partial charge in [-0.15, -0.1) is 11.3 Å².